The van der Waals surface area contributed by atoms with Crippen molar-refractivity contribution in [3.8, 4) is 18.1 Å². The molecular weight excluding hydrogens is 212 g/mol. The Morgan fingerprint density at radius 3 is 2.53 bits per heavy atom. The molecule has 1 N–H and O–H groups in total. The first-order valence-corrected chi connectivity index (χ1v) is 5.58. The summed E-state index contributed by atoms with van der Waals surface area (Å²) < 4.78 is 5.82. The summed E-state index contributed by atoms with van der Waals surface area (Å²) in [5, 5.41) is 9.95. The fourth-order valence-electron chi connectivity index (χ4n) is 2.02. The number of rotatable bonds is 0. The highest BCUT2D eigenvalue weighted by Gasteiger charge is 2.34. The second-order valence-electron chi connectivity index (χ2n) is 4.69. The van der Waals surface area contributed by atoms with Crippen molar-refractivity contribution in [2.45, 2.75) is 33.3 Å². The van der Waals surface area contributed by atoms with Gasteiger partial charge in [-0.2, -0.15) is 0 Å². The summed E-state index contributed by atoms with van der Waals surface area (Å²) >= 11 is 0. The van der Waals surface area contributed by atoms with Gasteiger partial charge in [-0.3, -0.25) is 0 Å². The minimum Gasteiger partial charge on any atom is -0.507 e. The fourth-order valence-corrected chi connectivity index (χ4v) is 2.02. The third kappa shape index (κ3) is 1.59. The molecule has 1 aliphatic heterocycles. The SMILES string of the molecule is C#CC1(C)Oc2c(C)c(C)cc(C)c2C=C1O. The Morgan fingerprint density at radius 1 is 1.29 bits per heavy atom. The zero-order chi connectivity index (χ0) is 12.8. The van der Waals surface area contributed by atoms with Crippen LogP contribution in [-0.2, 0) is 0 Å². The number of hydrogen-bond acceptors (Lipinski definition) is 2. The Kier molecular flexibility index (Phi) is 2.43. The molecule has 2 heteroatoms. The van der Waals surface area contributed by atoms with Gasteiger partial charge < -0.3 is 9.84 Å². The van der Waals surface area contributed by atoms with Crippen LogP contribution in [0.4, 0.5) is 0 Å². The summed E-state index contributed by atoms with van der Waals surface area (Å²) in [6.07, 6.45) is 7.14. The topological polar surface area (TPSA) is 29.5 Å². The Balaban J connectivity index is 2.73. The van der Waals surface area contributed by atoms with E-state index in [2.05, 4.69) is 12.0 Å². The van der Waals surface area contributed by atoms with E-state index < -0.39 is 5.60 Å². The van der Waals surface area contributed by atoms with Crippen molar-refractivity contribution in [2.24, 2.45) is 0 Å². The van der Waals surface area contributed by atoms with Gasteiger partial charge in [-0.15, -0.1) is 6.42 Å². The molecule has 2 nitrogen and oxygen atoms in total. The number of aryl methyl sites for hydroxylation is 2. The highest BCUT2D eigenvalue weighted by atomic mass is 16.5. The number of ether oxygens (including phenoxy) is 1. The first kappa shape index (κ1) is 11.6. The number of hydrogen-bond donors (Lipinski definition) is 1. The normalized spacial score (nSPS) is 22.2. The summed E-state index contributed by atoms with van der Waals surface area (Å²) in [5.41, 5.74) is 3.16. The molecule has 1 aliphatic rings. The van der Waals surface area contributed by atoms with Crippen molar-refractivity contribution in [2.75, 3.05) is 0 Å². The van der Waals surface area contributed by atoms with E-state index in [4.69, 9.17) is 11.2 Å². The summed E-state index contributed by atoms with van der Waals surface area (Å²) in [7, 11) is 0. The second kappa shape index (κ2) is 3.56. The van der Waals surface area contributed by atoms with Crippen LogP contribution in [0.3, 0.4) is 0 Å². The fraction of sp³-hybridized carbons (Fsp3) is 0.333. The van der Waals surface area contributed by atoms with Gasteiger partial charge in [0, 0.05) is 5.56 Å². The quantitative estimate of drug-likeness (QED) is 0.690. The van der Waals surface area contributed by atoms with E-state index in [9.17, 15) is 5.11 Å². The molecule has 0 spiro atoms. The van der Waals surface area contributed by atoms with Crippen LogP contribution in [0, 0.1) is 33.1 Å². The van der Waals surface area contributed by atoms with E-state index in [0.717, 1.165) is 28.0 Å². The molecule has 1 aromatic rings. The lowest BCUT2D eigenvalue weighted by Crippen LogP contribution is -2.35. The van der Waals surface area contributed by atoms with Crippen LogP contribution in [-0.4, -0.2) is 10.7 Å². The first-order valence-electron chi connectivity index (χ1n) is 5.58. The maximum atomic E-state index is 9.95. The van der Waals surface area contributed by atoms with E-state index in [1.54, 1.807) is 13.0 Å². The predicted molar refractivity (Wildman–Crippen MR) is 69.1 cm³/mol. The molecule has 0 aromatic heterocycles. The highest BCUT2D eigenvalue weighted by molar-refractivity contribution is 5.70. The van der Waals surface area contributed by atoms with Crippen LogP contribution in [0.15, 0.2) is 11.8 Å². The van der Waals surface area contributed by atoms with Crippen molar-refractivity contribution in [3.05, 3.63) is 34.1 Å². The predicted octanol–water partition coefficient (Wildman–Crippen LogP) is 3.30. The molecular formula is C15H16O2. The maximum Gasteiger partial charge on any atom is 0.222 e. The number of fused-ring (bicyclic) bond motifs is 1. The molecule has 0 bridgehead atoms. The molecule has 1 unspecified atom stereocenters. The molecule has 0 fully saturated rings. The molecule has 88 valence electrons. The number of terminal acetylenes is 1. The van der Waals surface area contributed by atoms with Crippen molar-refractivity contribution in [1.29, 1.82) is 0 Å². The largest absolute Gasteiger partial charge is 0.507 e. The van der Waals surface area contributed by atoms with Gasteiger partial charge in [-0.25, -0.2) is 0 Å². The standard InChI is InChI=1S/C15H16O2/c1-6-15(5)13(16)8-12-10(3)7-9(2)11(4)14(12)17-15/h1,7-8,16H,2-5H3. The average molecular weight is 228 g/mol. The van der Waals surface area contributed by atoms with Gasteiger partial charge in [0.25, 0.3) is 0 Å². The monoisotopic (exact) mass is 228 g/mol. The molecule has 0 radical (unpaired) electrons. The lowest BCUT2D eigenvalue weighted by molar-refractivity contribution is 0.128. The Bertz CT molecular complexity index is 561. The van der Waals surface area contributed by atoms with Gasteiger partial charge >= 0.3 is 0 Å². The van der Waals surface area contributed by atoms with Crippen LogP contribution in [0.1, 0.15) is 29.2 Å². The van der Waals surface area contributed by atoms with Gasteiger partial charge in [0.2, 0.25) is 5.60 Å². The molecule has 17 heavy (non-hydrogen) atoms. The van der Waals surface area contributed by atoms with Gasteiger partial charge in [-0.05, 0) is 50.5 Å². The van der Waals surface area contributed by atoms with E-state index in [-0.39, 0.29) is 5.76 Å². The number of benzene rings is 1. The third-order valence-electron chi connectivity index (χ3n) is 3.39. The van der Waals surface area contributed by atoms with E-state index in [1.165, 1.54) is 0 Å². The van der Waals surface area contributed by atoms with E-state index >= 15 is 0 Å². The van der Waals surface area contributed by atoms with Crippen LogP contribution in [0.25, 0.3) is 6.08 Å². The van der Waals surface area contributed by atoms with Crippen molar-refractivity contribution in [1.82, 2.24) is 0 Å². The molecule has 1 atom stereocenters. The molecule has 1 heterocycles. The van der Waals surface area contributed by atoms with Crippen LogP contribution >= 0.6 is 0 Å². The summed E-state index contributed by atoms with van der Waals surface area (Å²) in [6.45, 7) is 7.73. The minimum atomic E-state index is -1.06. The number of aliphatic hydroxyl groups excluding tert-OH is 1. The summed E-state index contributed by atoms with van der Waals surface area (Å²) in [6, 6.07) is 2.08. The molecule has 1 aromatic carbocycles. The molecule has 0 saturated heterocycles. The maximum absolute atomic E-state index is 9.95. The van der Waals surface area contributed by atoms with Gasteiger partial charge in [0.05, 0.1) is 0 Å². The third-order valence-corrected chi connectivity index (χ3v) is 3.39. The Morgan fingerprint density at radius 2 is 1.94 bits per heavy atom. The van der Waals surface area contributed by atoms with Crippen LogP contribution in [0.2, 0.25) is 0 Å². The van der Waals surface area contributed by atoms with Crippen LogP contribution < -0.4 is 4.74 Å². The minimum absolute atomic E-state index is 0.0823. The molecule has 2 rings (SSSR count). The van der Waals surface area contributed by atoms with Gasteiger partial charge in [0.1, 0.15) is 11.5 Å². The van der Waals surface area contributed by atoms with Gasteiger partial charge in [-0.1, -0.05) is 12.0 Å². The zero-order valence-corrected chi connectivity index (χ0v) is 10.6. The molecule has 0 aliphatic carbocycles. The highest BCUT2D eigenvalue weighted by Crippen LogP contribution is 2.39. The molecule has 0 amide bonds. The number of aliphatic hydroxyl groups is 1. The van der Waals surface area contributed by atoms with E-state index in [1.807, 2.05) is 20.8 Å². The summed E-state index contributed by atoms with van der Waals surface area (Å²) in [5.74, 6) is 3.36. The Hall–Kier alpha value is -1.88. The van der Waals surface area contributed by atoms with Crippen molar-refractivity contribution < 1.29 is 9.84 Å². The van der Waals surface area contributed by atoms with Crippen molar-refractivity contribution in [3.63, 3.8) is 0 Å². The average Bonchev–Trinajstić information content (AvgIpc) is 2.29. The zero-order valence-electron chi connectivity index (χ0n) is 10.6. The first-order chi connectivity index (χ1) is 7.89. The van der Waals surface area contributed by atoms with E-state index in [0.29, 0.717) is 0 Å². The van der Waals surface area contributed by atoms with Crippen molar-refractivity contribution >= 4 is 6.08 Å². The van der Waals surface area contributed by atoms with Gasteiger partial charge in [0.15, 0.2) is 0 Å². The smallest absolute Gasteiger partial charge is 0.222 e. The van der Waals surface area contributed by atoms with Crippen LogP contribution in [0.5, 0.6) is 5.75 Å². The Labute approximate surface area is 102 Å². The molecule has 0 saturated carbocycles. The summed E-state index contributed by atoms with van der Waals surface area (Å²) in [4.78, 5) is 0. The lowest BCUT2D eigenvalue weighted by atomic mass is 9.92. The lowest BCUT2D eigenvalue weighted by Gasteiger charge is -2.31. The second-order valence-corrected chi connectivity index (χ2v) is 4.69.